The molecule has 1 N–H and O–H groups in total. The van der Waals surface area contributed by atoms with Crippen molar-refractivity contribution in [1.82, 2.24) is 0 Å². The van der Waals surface area contributed by atoms with Gasteiger partial charge in [0.1, 0.15) is 0 Å². The fourth-order valence-corrected chi connectivity index (χ4v) is 3.32. The number of ether oxygens (including phenoxy) is 1. The molecule has 0 aliphatic heterocycles. The molecule has 3 rings (SSSR count). The Bertz CT molecular complexity index is 1010. The molecule has 0 unspecified atom stereocenters. The average Bonchev–Trinajstić information content (AvgIpc) is 2.78. The number of ketones is 1. The minimum absolute atomic E-state index is 0.0940. The van der Waals surface area contributed by atoms with Crippen LogP contribution < -0.4 is 5.32 Å². The van der Waals surface area contributed by atoms with E-state index < -0.39 is 18.0 Å². The first-order valence-corrected chi connectivity index (χ1v) is 10.2. The van der Waals surface area contributed by atoms with Crippen molar-refractivity contribution in [3.05, 3.63) is 102 Å². The number of nitrogens with one attached hydrogen (secondary N) is 1. The average molecular weight is 415 g/mol. The molecule has 31 heavy (non-hydrogen) atoms. The second-order valence-corrected chi connectivity index (χ2v) is 7.34. The number of Topliss-reactive ketones (excluding diaryl/α,β-unsaturated/α-hetero) is 1. The van der Waals surface area contributed by atoms with Gasteiger partial charge in [-0.2, -0.15) is 0 Å². The monoisotopic (exact) mass is 415 g/mol. The highest BCUT2D eigenvalue weighted by molar-refractivity contribution is 5.98. The lowest BCUT2D eigenvalue weighted by molar-refractivity contribution is -0.153. The predicted molar refractivity (Wildman–Crippen MR) is 120 cm³/mol. The van der Waals surface area contributed by atoms with Crippen molar-refractivity contribution in [1.29, 1.82) is 0 Å². The molecular weight excluding hydrogens is 390 g/mol. The summed E-state index contributed by atoms with van der Waals surface area (Å²) >= 11 is 0. The topological polar surface area (TPSA) is 72.5 Å². The van der Waals surface area contributed by atoms with Crippen molar-refractivity contribution < 1.29 is 19.1 Å². The third kappa shape index (κ3) is 6.12. The molecule has 3 aromatic carbocycles. The van der Waals surface area contributed by atoms with Crippen LogP contribution in [0.2, 0.25) is 0 Å². The van der Waals surface area contributed by atoms with Crippen LogP contribution in [0.25, 0.3) is 0 Å². The van der Waals surface area contributed by atoms with Crippen LogP contribution in [0.3, 0.4) is 0 Å². The van der Waals surface area contributed by atoms with Crippen LogP contribution >= 0.6 is 0 Å². The Morgan fingerprint density at radius 1 is 0.839 bits per heavy atom. The van der Waals surface area contributed by atoms with E-state index >= 15 is 0 Å². The summed E-state index contributed by atoms with van der Waals surface area (Å²) in [5, 5.41) is 2.69. The largest absolute Gasteiger partial charge is 0.453 e. The number of amides is 1. The summed E-state index contributed by atoms with van der Waals surface area (Å²) in [5.74, 6) is -1.18. The second-order valence-electron chi connectivity index (χ2n) is 7.34. The summed E-state index contributed by atoms with van der Waals surface area (Å²) in [4.78, 5) is 36.7. The molecule has 0 saturated carbocycles. The number of hydrogen-bond acceptors (Lipinski definition) is 4. The van der Waals surface area contributed by atoms with Gasteiger partial charge in [-0.25, -0.2) is 0 Å². The van der Waals surface area contributed by atoms with Crippen LogP contribution in [-0.4, -0.2) is 23.8 Å². The maximum absolute atomic E-state index is 12.7. The lowest BCUT2D eigenvalue weighted by atomic mass is 9.88. The molecule has 5 nitrogen and oxygen atoms in total. The minimum Gasteiger partial charge on any atom is -0.453 e. The van der Waals surface area contributed by atoms with Crippen LogP contribution in [-0.2, 0) is 14.3 Å². The number of esters is 1. The second kappa shape index (κ2) is 10.3. The van der Waals surface area contributed by atoms with E-state index in [-0.39, 0.29) is 18.1 Å². The Labute approximate surface area is 182 Å². The Hall–Kier alpha value is -3.73. The maximum atomic E-state index is 12.7. The number of hydrogen-bond donors (Lipinski definition) is 1. The molecule has 0 heterocycles. The fourth-order valence-electron chi connectivity index (χ4n) is 3.32. The molecule has 0 aromatic heterocycles. The van der Waals surface area contributed by atoms with Gasteiger partial charge in [0.2, 0.25) is 0 Å². The Morgan fingerprint density at radius 3 is 1.97 bits per heavy atom. The lowest BCUT2D eigenvalue weighted by Gasteiger charge is -2.19. The first kappa shape index (κ1) is 22.0. The predicted octanol–water partition coefficient (Wildman–Crippen LogP) is 4.98. The van der Waals surface area contributed by atoms with Gasteiger partial charge in [-0.3, -0.25) is 14.4 Å². The number of anilines is 1. The Balaban J connectivity index is 1.66. The normalized spacial score (nSPS) is 11.6. The smallest absolute Gasteiger partial charge is 0.307 e. The van der Waals surface area contributed by atoms with E-state index in [0.29, 0.717) is 11.3 Å². The van der Waals surface area contributed by atoms with Gasteiger partial charge < -0.3 is 10.1 Å². The van der Waals surface area contributed by atoms with Crippen molar-refractivity contribution in [2.45, 2.75) is 32.3 Å². The molecule has 0 radical (unpaired) electrons. The van der Waals surface area contributed by atoms with Crippen molar-refractivity contribution in [3.8, 4) is 0 Å². The van der Waals surface area contributed by atoms with Crippen molar-refractivity contribution in [3.63, 3.8) is 0 Å². The standard InChI is InChI=1S/C26H25NO4/c1-18(28)22-14-9-15-23(16-22)27-26(30)19(2)31-25(29)17-24(20-10-5-3-6-11-20)21-12-7-4-8-13-21/h3-16,19,24H,17H2,1-2H3,(H,27,30)/t19-/m0/s1. The van der Waals surface area contributed by atoms with Crippen LogP contribution in [0.15, 0.2) is 84.9 Å². The maximum Gasteiger partial charge on any atom is 0.307 e. The van der Waals surface area contributed by atoms with Gasteiger partial charge in [-0.15, -0.1) is 0 Å². The summed E-state index contributed by atoms with van der Waals surface area (Å²) < 4.78 is 5.42. The number of carbonyl (C=O) groups is 3. The van der Waals surface area contributed by atoms with E-state index in [4.69, 9.17) is 4.74 Å². The summed E-state index contributed by atoms with van der Waals surface area (Å²) in [6.07, 6.45) is -0.855. The van der Waals surface area contributed by atoms with E-state index in [1.54, 1.807) is 24.3 Å². The Kier molecular flexibility index (Phi) is 7.33. The third-order valence-corrected chi connectivity index (χ3v) is 4.99. The fraction of sp³-hybridized carbons (Fsp3) is 0.192. The number of benzene rings is 3. The number of carbonyl (C=O) groups excluding carboxylic acids is 3. The molecule has 5 heteroatoms. The first-order chi connectivity index (χ1) is 14.9. The van der Waals surface area contributed by atoms with E-state index in [0.717, 1.165) is 11.1 Å². The molecule has 1 atom stereocenters. The minimum atomic E-state index is -0.972. The van der Waals surface area contributed by atoms with Crippen LogP contribution in [0, 0.1) is 0 Å². The summed E-state index contributed by atoms with van der Waals surface area (Å²) in [7, 11) is 0. The molecule has 0 fully saturated rings. The number of rotatable bonds is 8. The van der Waals surface area contributed by atoms with Crippen molar-refractivity contribution in [2.75, 3.05) is 5.32 Å². The quantitative estimate of drug-likeness (QED) is 0.416. The van der Waals surface area contributed by atoms with Crippen LogP contribution in [0.5, 0.6) is 0 Å². The van der Waals surface area contributed by atoms with Gasteiger partial charge in [-0.1, -0.05) is 72.8 Å². The zero-order valence-corrected chi connectivity index (χ0v) is 17.6. The zero-order valence-electron chi connectivity index (χ0n) is 17.6. The SMILES string of the molecule is CC(=O)c1cccc(NC(=O)[C@H](C)OC(=O)CC(c2ccccc2)c2ccccc2)c1. The highest BCUT2D eigenvalue weighted by atomic mass is 16.5. The van der Waals surface area contributed by atoms with Gasteiger partial charge in [0.15, 0.2) is 11.9 Å². The highest BCUT2D eigenvalue weighted by Crippen LogP contribution is 2.28. The highest BCUT2D eigenvalue weighted by Gasteiger charge is 2.23. The third-order valence-electron chi connectivity index (χ3n) is 4.99. The first-order valence-electron chi connectivity index (χ1n) is 10.2. The molecule has 0 saturated heterocycles. The van der Waals surface area contributed by atoms with Gasteiger partial charge >= 0.3 is 5.97 Å². The van der Waals surface area contributed by atoms with Gasteiger partial charge in [0.05, 0.1) is 6.42 Å². The van der Waals surface area contributed by atoms with Crippen molar-refractivity contribution in [2.24, 2.45) is 0 Å². The van der Waals surface area contributed by atoms with Gasteiger partial charge in [-0.05, 0) is 37.1 Å². The molecule has 0 bridgehead atoms. The van der Waals surface area contributed by atoms with Crippen LogP contribution in [0.1, 0.15) is 47.7 Å². The van der Waals surface area contributed by atoms with Gasteiger partial charge in [0, 0.05) is 17.2 Å². The molecule has 0 spiro atoms. The summed E-state index contributed by atoms with van der Waals surface area (Å²) in [6.45, 7) is 2.99. The Morgan fingerprint density at radius 2 is 1.42 bits per heavy atom. The lowest BCUT2D eigenvalue weighted by Crippen LogP contribution is -2.30. The van der Waals surface area contributed by atoms with E-state index in [1.165, 1.54) is 13.8 Å². The summed E-state index contributed by atoms with van der Waals surface area (Å²) in [5.41, 5.74) is 2.98. The molecule has 1 amide bonds. The molecule has 158 valence electrons. The van der Waals surface area contributed by atoms with Crippen LogP contribution in [0.4, 0.5) is 5.69 Å². The molecule has 0 aliphatic rings. The van der Waals surface area contributed by atoms with Gasteiger partial charge in [0.25, 0.3) is 5.91 Å². The van der Waals surface area contributed by atoms with E-state index in [1.807, 2.05) is 60.7 Å². The molecular formula is C26H25NO4. The zero-order chi connectivity index (χ0) is 22.2. The molecule has 3 aromatic rings. The van der Waals surface area contributed by atoms with Crippen molar-refractivity contribution >= 4 is 23.3 Å². The summed E-state index contributed by atoms with van der Waals surface area (Å²) in [6, 6.07) is 26.1. The molecule has 0 aliphatic carbocycles. The van der Waals surface area contributed by atoms with E-state index in [9.17, 15) is 14.4 Å². The van der Waals surface area contributed by atoms with E-state index in [2.05, 4.69) is 5.32 Å².